The second kappa shape index (κ2) is 7.06. The van der Waals surface area contributed by atoms with Crippen LogP contribution in [0, 0.1) is 0 Å². The molecule has 2 rings (SSSR count). The number of fused-ring (bicyclic) bond motifs is 1. The summed E-state index contributed by atoms with van der Waals surface area (Å²) in [5.41, 5.74) is 6.59. The van der Waals surface area contributed by atoms with Crippen molar-refractivity contribution in [1.82, 2.24) is 9.97 Å². The highest BCUT2D eigenvalue weighted by atomic mass is 35.5. The lowest BCUT2D eigenvalue weighted by atomic mass is 10.1. The number of aromatic nitrogens is 2. The van der Waals surface area contributed by atoms with Crippen molar-refractivity contribution in [2.24, 2.45) is 5.73 Å². The Morgan fingerprint density at radius 2 is 2.09 bits per heavy atom. The van der Waals surface area contributed by atoms with Crippen LogP contribution in [0.25, 0.3) is 16.5 Å². The van der Waals surface area contributed by atoms with Crippen molar-refractivity contribution < 1.29 is 5.11 Å². The van der Waals surface area contributed by atoms with Crippen molar-refractivity contribution >= 4 is 33.9 Å². The Morgan fingerprint density at radius 3 is 2.73 bits per heavy atom. The van der Waals surface area contributed by atoms with E-state index in [1.54, 1.807) is 12.1 Å². The van der Waals surface area contributed by atoms with Gasteiger partial charge < -0.3 is 16.2 Å². The van der Waals surface area contributed by atoms with Gasteiger partial charge in [-0.3, -0.25) is 0 Å². The standard InChI is InChI=1S/C16H17ClN4O/c1-3-11(14(22)4-2)16-20-13-9-10(17)5-6-12(13)15(21-16)19-8-7-18/h3-6,9,22H,1-2,7-8,18H2,(H,19,20,21)/b14-11-. The molecule has 22 heavy (non-hydrogen) atoms. The highest BCUT2D eigenvalue weighted by Crippen LogP contribution is 2.26. The summed E-state index contributed by atoms with van der Waals surface area (Å²) in [6, 6.07) is 5.35. The Kier molecular flexibility index (Phi) is 5.14. The van der Waals surface area contributed by atoms with Gasteiger partial charge in [0, 0.05) is 23.5 Å². The maximum Gasteiger partial charge on any atom is 0.165 e. The van der Waals surface area contributed by atoms with Gasteiger partial charge in [-0.15, -0.1) is 0 Å². The van der Waals surface area contributed by atoms with Crippen molar-refractivity contribution in [3.63, 3.8) is 0 Å². The fraction of sp³-hybridized carbons (Fsp3) is 0.125. The van der Waals surface area contributed by atoms with Crippen LogP contribution in [0.15, 0.2) is 49.3 Å². The first-order valence-electron chi connectivity index (χ1n) is 6.70. The number of nitrogens with zero attached hydrogens (tertiary/aromatic N) is 2. The number of aliphatic hydroxyl groups is 1. The Labute approximate surface area is 133 Å². The number of hydrogen-bond donors (Lipinski definition) is 3. The Morgan fingerprint density at radius 1 is 1.32 bits per heavy atom. The Balaban J connectivity index is 2.70. The number of benzene rings is 1. The lowest BCUT2D eigenvalue weighted by Crippen LogP contribution is -2.15. The van der Waals surface area contributed by atoms with Crippen LogP contribution in [-0.4, -0.2) is 28.2 Å². The largest absolute Gasteiger partial charge is 0.507 e. The lowest BCUT2D eigenvalue weighted by molar-refractivity contribution is 0.435. The van der Waals surface area contributed by atoms with Gasteiger partial charge in [0.05, 0.1) is 11.1 Å². The molecule has 0 atom stereocenters. The van der Waals surface area contributed by atoms with Crippen LogP contribution >= 0.6 is 11.6 Å². The minimum absolute atomic E-state index is 0.0406. The molecule has 0 fully saturated rings. The number of halogens is 1. The first kappa shape index (κ1) is 16.0. The van der Waals surface area contributed by atoms with Crippen molar-refractivity contribution in [1.29, 1.82) is 0 Å². The van der Waals surface area contributed by atoms with Gasteiger partial charge >= 0.3 is 0 Å². The predicted octanol–water partition coefficient (Wildman–Crippen LogP) is 3.29. The van der Waals surface area contributed by atoms with Gasteiger partial charge in [-0.1, -0.05) is 30.8 Å². The smallest absolute Gasteiger partial charge is 0.165 e. The van der Waals surface area contributed by atoms with Crippen LogP contribution in [0.5, 0.6) is 0 Å². The van der Waals surface area contributed by atoms with Crippen molar-refractivity contribution in [3.8, 4) is 0 Å². The van der Waals surface area contributed by atoms with Gasteiger partial charge in [0.15, 0.2) is 5.82 Å². The lowest BCUT2D eigenvalue weighted by Gasteiger charge is -2.11. The molecule has 4 N–H and O–H groups in total. The fourth-order valence-electron chi connectivity index (χ4n) is 1.97. The monoisotopic (exact) mass is 316 g/mol. The molecular weight excluding hydrogens is 300 g/mol. The van der Waals surface area contributed by atoms with E-state index in [0.29, 0.717) is 40.8 Å². The molecule has 0 aliphatic carbocycles. The number of allylic oxidation sites excluding steroid dienone is 3. The summed E-state index contributed by atoms with van der Waals surface area (Å²) in [5.74, 6) is 0.918. The summed E-state index contributed by atoms with van der Waals surface area (Å²) in [6.45, 7) is 8.26. The molecule has 0 saturated carbocycles. The van der Waals surface area contributed by atoms with Gasteiger partial charge in [-0.05, 0) is 24.3 Å². The number of anilines is 1. The van der Waals surface area contributed by atoms with Crippen LogP contribution in [0.4, 0.5) is 5.82 Å². The molecule has 0 aliphatic heterocycles. The van der Waals surface area contributed by atoms with E-state index in [1.165, 1.54) is 12.2 Å². The average molecular weight is 317 g/mol. The summed E-state index contributed by atoms with van der Waals surface area (Å²) >= 11 is 6.03. The third-order valence-corrected chi connectivity index (χ3v) is 3.25. The second-order valence-corrected chi connectivity index (χ2v) is 4.92. The molecular formula is C16H17ClN4O. The maximum atomic E-state index is 9.91. The van der Waals surface area contributed by atoms with Gasteiger partial charge in [-0.2, -0.15) is 0 Å². The number of rotatable bonds is 6. The van der Waals surface area contributed by atoms with E-state index in [-0.39, 0.29) is 5.76 Å². The molecule has 0 amide bonds. The molecule has 0 spiro atoms. The van der Waals surface area contributed by atoms with Crippen LogP contribution in [0.1, 0.15) is 5.82 Å². The molecule has 5 nitrogen and oxygen atoms in total. The normalized spacial score (nSPS) is 11.9. The number of nitrogens with one attached hydrogen (secondary N) is 1. The van der Waals surface area contributed by atoms with Crippen molar-refractivity contribution in [3.05, 3.63) is 60.1 Å². The molecule has 1 heterocycles. The number of nitrogens with two attached hydrogens (primary N) is 1. The summed E-state index contributed by atoms with van der Waals surface area (Å²) in [4.78, 5) is 8.89. The minimum Gasteiger partial charge on any atom is -0.507 e. The molecule has 0 radical (unpaired) electrons. The van der Waals surface area contributed by atoms with Crippen molar-refractivity contribution in [2.45, 2.75) is 0 Å². The molecule has 0 aliphatic rings. The molecule has 0 bridgehead atoms. The van der Waals surface area contributed by atoms with E-state index in [9.17, 15) is 5.11 Å². The Hall–Kier alpha value is -2.37. The van der Waals surface area contributed by atoms with Crippen LogP contribution in [0.3, 0.4) is 0 Å². The molecule has 6 heteroatoms. The van der Waals surface area contributed by atoms with Crippen LogP contribution < -0.4 is 11.1 Å². The van der Waals surface area contributed by atoms with E-state index in [0.717, 1.165) is 5.39 Å². The molecule has 1 aromatic carbocycles. The maximum absolute atomic E-state index is 9.91. The molecule has 0 saturated heterocycles. The van der Waals surface area contributed by atoms with Gasteiger partial charge in [0.2, 0.25) is 0 Å². The zero-order valence-corrected chi connectivity index (χ0v) is 12.8. The van der Waals surface area contributed by atoms with E-state index in [4.69, 9.17) is 17.3 Å². The van der Waals surface area contributed by atoms with Gasteiger partial charge in [0.1, 0.15) is 11.6 Å². The topological polar surface area (TPSA) is 84.1 Å². The molecule has 0 unspecified atom stereocenters. The summed E-state index contributed by atoms with van der Waals surface area (Å²) in [5, 5.41) is 14.4. The quantitative estimate of drug-likeness (QED) is 0.562. The molecule has 1 aromatic heterocycles. The van der Waals surface area contributed by atoms with E-state index < -0.39 is 0 Å². The minimum atomic E-state index is -0.0406. The fourth-order valence-corrected chi connectivity index (χ4v) is 2.14. The van der Waals surface area contributed by atoms with Crippen LogP contribution in [-0.2, 0) is 0 Å². The van der Waals surface area contributed by atoms with Crippen molar-refractivity contribution in [2.75, 3.05) is 18.4 Å². The van der Waals surface area contributed by atoms with Gasteiger partial charge in [0.25, 0.3) is 0 Å². The molecule has 2 aromatic rings. The zero-order valence-electron chi connectivity index (χ0n) is 12.0. The third kappa shape index (κ3) is 3.27. The summed E-state index contributed by atoms with van der Waals surface area (Å²) in [6.07, 6.45) is 2.80. The highest BCUT2D eigenvalue weighted by molar-refractivity contribution is 6.31. The second-order valence-electron chi connectivity index (χ2n) is 4.48. The zero-order chi connectivity index (χ0) is 16.1. The Bertz CT molecular complexity index is 755. The summed E-state index contributed by atoms with van der Waals surface area (Å²) in [7, 11) is 0. The highest BCUT2D eigenvalue weighted by Gasteiger charge is 2.12. The van der Waals surface area contributed by atoms with Gasteiger partial charge in [-0.25, -0.2) is 9.97 Å². The number of hydrogen-bond acceptors (Lipinski definition) is 5. The SMILES string of the molecule is C=C/C(O)=C(\C=C)c1nc(NCCN)c2ccc(Cl)cc2n1. The molecule has 114 valence electrons. The summed E-state index contributed by atoms with van der Waals surface area (Å²) < 4.78 is 0. The van der Waals surface area contributed by atoms with Crippen LogP contribution in [0.2, 0.25) is 5.02 Å². The van der Waals surface area contributed by atoms with E-state index in [2.05, 4.69) is 28.4 Å². The first-order valence-corrected chi connectivity index (χ1v) is 7.08. The average Bonchev–Trinajstić information content (AvgIpc) is 2.52. The van der Waals surface area contributed by atoms with E-state index >= 15 is 0 Å². The predicted molar refractivity (Wildman–Crippen MR) is 92.0 cm³/mol. The first-order chi connectivity index (χ1) is 10.6. The van der Waals surface area contributed by atoms with E-state index in [1.807, 2.05) is 6.07 Å². The third-order valence-electron chi connectivity index (χ3n) is 3.01. The number of aliphatic hydroxyl groups excluding tert-OH is 1.